The van der Waals surface area contributed by atoms with Crippen LogP contribution in [0.25, 0.3) is 0 Å². The number of ether oxygens (including phenoxy) is 1. The summed E-state index contributed by atoms with van der Waals surface area (Å²) in [5.74, 6) is 0.223. The summed E-state index contributed by atoms with van der Waals surface area (Å²) in [4.78, 5) is 16.4. The molecule has 2 rings (SSSR count). The van der Waals surface area contributed by atoms with Crippen molar-refractivity contribution in [3.05, 3.63) is 22.4 Å². The second kappa shape index (κ2) is 7.76. The van der Waals surface area contributed by atoms with Crippen molar-refractivity contribution in [1.82, 2.24) is 9.80 Å². The molecule has 1 atom stereocenters. The maximum Gasteiger partial charge on any atom is 0.224 e. The quantitative estimate of drug-likeness (QED) is 0.756. The van der Waals surface area contributed by atoms with Crippen LogP contribution < -0.4 is 0 Å². The van der Waals surface area contributed by atoms with Gasteiger partial charge in [-0.15, -0.1) is 0 Å². The van der Waals surface area contributed by atoms with E-state index in [1.165, 1.54) is 5.56 Å². The summed E-state index contributed by atoms with van der Waals surface area (Å²) in [7, 11) is 0. The smallest absolute Gasteiger partial charge is 0.224 e. The lowest BCUT2D eigenvalue weighted by Gasteiger charge is -2.38. The first-order valence-corrected chi connectivity index (χ1v) is 8.28. The van der Waals surface area contributed by atoms with Crippen molar-refractivity contribution in [1.29, 1.82) is 0 Å². The number of thiophene rings is 1. The van der Waals surface area contributed by atoms with E-state index in [4.69, 9.17) is 4.74 Å². The van der Waals surface area contributed by atoms with Gasteiger partial charge >= 0.3 is 0 Å². The van der Waals surface area contributed by atoms with Crippen LogP contribution in [0.2, 0.25) is 0 Å². The number of amides is 1. The minimum Gasteiger partial charge on any atom is -0.381 e. The van der Waals surface area contributed by atoms with Gasteiger partial charge in [0.05, 0.1) is 13.0 Å². The third-order valence-electron chi connectivity index (χ3n) is 3.90. The fourth-order valence-electron chi connectivity index (χ4n) is 2.54. The molecule has 0 saturated carbocycles. The van der Waals surface area contributed by atoms with Crippen molar-refractivity contribution in [2.24, 2.45) is 0 Å². The maximum absolute atomic E-state index is 12.0. The second-order valence-electron chi connectivity index (χ2n) is 5.10. The number of hydrogen-bond donors (Lipinski definition) is 0. The molecule has 1 amide bonds. The molecule has 112 valence electrons. The van der Waals surface area contributed by atoms with E-state index >= 15 is 0 Å². The topological polar surface area (TPSA) is 32.8 Å². The molecule has 1 fully saturated rings. The Labute approximate surface area is 125 Å². The fraction of sp³-hybridized carbons (Fsp3) is 0.667. The van der Waals surface area contributed by atoms with E-state index in [2.05, 4.69) is 28.7 Å². The highest BCUT2D eigenvalue weighted by atomic mass is 32.1. The Balaban J connectivity index is 1.76. The Morgan fingerprint density at radius 3 is 2.75 bits per heavy atom. The van der Waals surface area contributed by atoms with Gasteiger partial charge < -0.3 is 9.64 Å². The van der Waals surface area contributed by atoms with Gasteiger partial charge in [-0.05, 0) is 36.2 Å². The van der Waals surface area contributed by atoms with E-state index in [9.17, 15) is 4.79 Å². The molecule has 4 nitrogen and oxygen atoms in total. The van der Waals surface area contributed by atoms with Crippen LogP contribution in [0.3, 0.4) is 0 Å². The number of hydrogen-bond acceptors (Lipinski definition) is 4. The molecule has 1 aromatic heterocycles. The number of rotatable bonds is 6. The molecule has 20 heavy (non-hydrogen) atoms. The van der Waals surface area contributed by atoms with E-state index in [0.29, 0.717) is 25.7 Å². The first-order valence-electron chi connectivity index (χ1n) is 7.34. The van der Waals surface area contributed by atoms with E-state index in [1.54, 1.807) is 11.3 Å². The predicted octanol–water partition coefficient (Wildman–Crippen LogP) is 2.38. The standard InChI is InChI=1S/C15H24N2O2S/c1-3-19-10-4-15(18)17-8-6-16(7-9-17)13(2)14-5-11-20-12-14/h5,11-13H,3-4,6-10H2,1-2H3. The largest absolute Gasteiger partial charge is 0.381 e. The van der Waals surface area contributed by atoms with Gasteiger partial charge in [-0.2, -0.15) is 11.3 Å². The molecule has 1 aromatic rings. The molecule has 1 aliphatic rings. The number of piperazine rings is 1. The number of carbonyl (C=O) groups excluding carboxylic acids is 1. The van der Waals surface area contributed by atoms with Gasteiger partial charge in [0.1, 0.15) is 0 Å². The second-order valence-corrected chi connectivity index (χ2v) is 5.88. The number of carbonyl (C=O) groups is 1. The fourth-order valence-corrected chi connectivity index (χ4v) is 3.29. The zero-order valence-corrected chi connectivity index (χ0v) is 13.2. The molecule has 1 aliphatic heterocycles. The summed E-state index contributed by atoms with van der Waals surface area (Å²) in [6, 6.07) is 2.64. The Bertz CT molecular complexity index is 400. The van der Waals surface area contributed by atoms with Crippen molar-refractivity contribution in [2.45, 2.75) is 26.3 Å². The predicted molar refractivity (Wildman–Crippen MR) is 82.0 cm³/mol. The van der Waals surface area contributed by atoms with Crippen LogP contribution in [0.4, 0.5) is 0 Å². The average Bonchev–Trinajstić information content (AvgIpc) is 3.01. The summed E-state index contributed by atoms with van der Waals surface area (Å²) in [6.07, 6.45) is 0.508. The van der Waals surface area contributed by atoms with Crippen LogP contribution in [-0.4, -0.2) is 55.1 Å². The normalized spacial score (nSPS) is 18.2. The van der Waals surface area contributed by atoms with Crippen LogP contribution in [0.1, 0.15) is 31.9 Å². The van der Waals surface area contributed by atoms with Gasteiger partial charge in [0, 0.05) is 38.8 Å². The lowest BCUT2D eigenvalue weighted by molar-refractivity contribution is -0.134. The van der Waals surface area contributed by atoms with Crippen LogP contribution in [-0.2, 0) is 9.53 Å². The molecule has 1 saturated heterocycles. The SMILES string of the molecule is CCOCCC(=O)N1CCN(C(C)c2ccsc2)CC1. The lowest BCUT2D eigenvalue weighted by atomic mass is 10.1. The molecule has 0 aliphatic carbocycles. The molecule has 0 spiro atoms. The monoisotopic (exact) mass is 296 g/mol. The minimum absolute atomic E-state index is 0.223. The molecule has 1 unspecified atom stereocenters. The summed E-state index contributed by atoms with van der Waals surface area (Å²) < 4.78 is 5.25. The van der Waals surface area contributed by atoms with Crippen LogP contribution in [0.15, 0.2) is 16.8 Å². The molecule has 0 bridgehead atoms. The Morgan fingerprint density at radius 2 is 2.15 bits per heavy atom. The van der Waals surface area contributed by atoms with E-state index in [-0.39, 0.29) is 5.91 Å². The summed E-state index contributed by atoms with van der Waals surface area (Å²) >= 11 is 1.74. The summed E-state index contributed by atoms with van der Waals surface area (Å²) in [5.41, 5.74) is 1.38. The first-order chi connectivity index (χ1) is 9.72. The van der Waals surface area contributed by atoms with E-state index in [1.807, 2.05) is 11.8 Å². The van der Waals surface area contributed by atoms with Gasteiger partial charge in [0.25, 0.3) is 0 Å². The Kier molecular flexibility index (Phi) is 6.01. The van der Waals surface area contributed by atoms with Gasteiger partial charge in [-0.3, -0.25) is 9.69 Å². The molecule has 0 N–H and O–H groups in total. The number of nitrogens with zero attached hydrogens (tertiary/aromatic N) is 2. The van der Waals surface area contributed by atoms with E-state index in [0.717, 1.165) is 26.2 Å². The van der Waals surface area contributed by atoms with Crippen LogP contribution in [0.5, 0.6) is 0 Å². The third-order valence-corrected chi connectivity index (χ3v) is 4.61. The molecular weight excluding hydrogens is 272 g/mol. The van der Waals surface area contributed by atoms with Gasteiger partial charge in [0.15, 0.2) is 0 Å². The Hall–Kier alpha value is -0.910. The Morgan fingerprint density at radius 1 is 1.40 bits per heavy atom. The summed E-state index contributed by atoms with van der Waals surface area (Å²) in [6.45, 7) is 9.00. The van der Waals surface area contributed by atoms with Crippen molar-refractivity contribution in [3.8, 4) is 0 Å². The van der Waals surface area contributed by atoms with Crippen molar-refractivity contribution >= 4 is 17.2 Å². The maximum atomic E-state index is 12.0. The highest BCUT2D eigenvalue weighted by Gasteiger charge is 2.24. The molecular formula is C15H24N2O2S. The molecule has 0 radical (unpaired) electrons. The first kappa shape index (κ1) is 15.5. The molecule has 2 heterocycles. The van der Waals surface area contributed by atoms with Gasteiger partial charge in [-0.25, -0.2) is 0 Å². The zero-order valence-electron chi connectivity index (χ0n) is 12.4. The minimum atomic E-state index is 0.223. The average molecular weight is 296 g/mol. The molecule has 0 aromatic carbocycles. The van der Waals surface area contributed by atoms with Crippen LogP contribution in [0, 0.1) is 0 Å². The van der Waals surface area contributed by atoms with Crippen molar-refractivity contribution in [3.63, 3.8) is 0 Å². The van der Waals surface area contributed by atoms with Gasteiger partial charge in [-0.1, -0.05) is 0 Å². The zero-order chi connectivity index (χ0) is 14.4. The van der Waals surface area contributed by atoms with Gasteiger partial charge in [0.2, 0.25) is 5.91 Å². The van der Waals surface area contributed by atoms with Crippen molar-refractivity contribution < 1.29 is 9.53 Å². The molecule has 5 heteroatoms. The van der Waals surface area contributed by atoms with Crippen LogP contribution >= 0.6 is 11.3 Å². The lowest BCUT2D eigenvalue weighted by Crippen LogP contribution is -2.49. The van der Waals surface area contributed by atoms with E-state index < -0.39 is 0 Å². The highest BCUT2D eigenvalue weighted by molar-refractivity contribution is 7.07. The third kappa shape index (κ3) is 4.04. The highest BCUT2D eigenvalue weighted by Crippen LogP contribution is 2.23. The van der Waals surface area contributed by atoms with Crippen molar-refractivity contribution in [2.75, 3.05) is 39.4 Å². The summed E-state index contributed by atoms with van der Waals surface area (Å²) in [5, 5.41) is 4.34.